The molecule has 39 heavy (non-hydrogen) atoms. The molecule has 0 aliphatic heterocycles. The van der Waals surface area contributed by atoms with Gasteiger partial charge in [-0.25, -0.2) is 8.78 Å². The van der Waals surface area contributed by atoms with Crippen molar-refractivity contribution in [3.05, 3.63) is 132 Å². The van der Waals surface area contributed by atoms with Gasteiger partial charge in [0.05, 0.1) is 5.83 Å². The topological polar surface area (TPSA) is 39.1 Å². The van der Waals surface area contributed by atoms with E-state index >= 15 is 0 Å². The van der Waals surface area contributed by atoms with Crippen LogP contribution in [0.2, 0.25) is 0 Å². The summed E-state index contributed by atoms with van der Waals surface area (Å²) < 4.78 is 26.6. The Morgan fingerprint density at radius 3 is 1.69 bits per heavy atom. The zero-order chi connectivity index (χ0) is 30.2. The Morgan fingerprint density at radius 2 is 1.28 bits per heavy atom. The predicted molar refractivity (Wildman–Crippen MR) is 162 cm³/mol. The number of carbonyl (C=O) groups excluding carboxylic acids is 2. The molecule has 5 heteroatoms. The number of nitrogens with zero attached hydrogens (tertiary/aromatic N) is 1. The molecule has 3 nitrogen and oxygen atoms in total. The summed E-state index contributed by atoms with van der Waals surface area (Å²) in [6.07, 6.45) is 0.905. The lowest BCUT2D eigenvalue weighted by molar-refractivity contribution is -0.0987. The van der Waals surface area contributed by atoms with Crippen molar-refractivity contribution in [2.75, 3.05) is 0 Å². The van der Waals surface area contributed by atoms with Gasteiger partial charge in [0.1, 0.15) is 19.4 Å². The molecular weight excluding hydrogens is 492 g/mol. The summed E-state index contributed by atoms with van der Waals surface area (Å²) in [4.78, 5) is 16.0. The fourth-order valence-corrected chi connectivity index (χ4v) is 3.53. The van der Waals surface area contributed by atoms with Crippen molar-refractivity contribution < 1.29 is 18.4 Å². The Labute approximate surface area is 233 Å². The van der Waals surface area contributed by atoms with Crippen LogP contribution in [-0.2, 0) is 22.6 Å². The molecule has 3 aromatic carbocycles. The highest BCUT2D eigenvalue weighted by Crippen LogP contribution is 2.28. The molecule has 4 aromatic rings. The van der Waals surface area contributed by atoms with Gasteiger partial charge in [0.2, 0.25) is 0 Å². The molecule has 1 heterocycles. The van der Waals surface area contributed by atoms with Crippen molar-refractivity contribution in [3.63, 3.8) is 0 Å². The van der Waals surface area contributed by atoms with Crippen molar-refractivity contribution in [1.82, 2.24) is 4.57 Å². The second-order valence-electron chi connectivity index (χ2n) is 7.89. The first-order valence-electron chi connectivity index (χ1n) is 12.7. The molecule has 0 radical (unpaired) electrons. The summed E-state index contributed by atoms with van der Waals surface area (Å²) in [6.45, 7) is 19.4. The number of hydrogen-bond donors (Lipinski definition) is 0. The molecule has 0 aliphatic rings. The van der Waals surface area contributed by atoms with Gasteiger partial charge in [-0.1, -0.05) is 98.8 Å². The van der Waals surface area contributed by atoms with E-state index in [-0.39, 0.29) is 11.6 Å². The first-order valence-corrected chi connectivity index (χ1v) is 12.7. The highest BCUT2D eigenvalue weighted by molar-refractivity contribution is 5.63. The summed E-state index contributed by atoms with van der Waals surface area (Å²) in [6, 6.07) is 29.7. The van der Waals surface area contributed by atoms with Crippen LogP contribution >= 0.6 is 0 Å². The number of rotatable bonds is 4. The zero-order valence-corrected chi connectivity index (χ0v) is 24.2. The molecule has 0 aliphatic carbocycles. The maximum atomic E-state index is 13.5. The predicted octanol–water partition coefficient (Wildman–Crippen LogP) is 9.35. The van der Waals surface area contributed by atoms with Gasteiger partial charge in [0.25, 0.3) is 0 Å². The molecule has 0 unspecified atom stereocenters. The molecule has 0 fully saturated rings. The van der Waals surface area contributed by atoms with E-state index in [0.717, 1.165) is 24.2 Å². The molecule has 210 valence electrons. The third kappa shape index (κ3) is 15.0. The second-order valence-corrected chi connectivity index (χ2v) is 7.89. The lowest BCUT2D eigenvalue weighted by Crippen LogP contribution is -2.00. The fourth-order valence-electron chi connectivity index (χ4n) is 3.53. The third-order valence-electron chi connectivity index (χ3n) is 5.09. The largest absolute Gasteiger partial charge is 0.345 e. The summed E-state index contributed by atoms with van der Waals surface area (Å²) in [5.74, 6) is -0.524. The van der Waals surface area contributed by atoms with E-state index < -0.39 is 0 Å². The van der Waals surface area contributed by atoms with Crippen LogP contribution in [0.1, 0.15) is 50.1 Å². The van der Waals surface area contributed by atoms with Crippen LogP contribution in [0.3, 0.4) is 0 Å². The van der Waals surface area contributed by atoms with Gasteiger partial charge >= 0.3 is 0 Å². The fraction of sp³-hybridized carbons (Fsp3) is 0.235. The maximum absolute atomic E-state index is 13.5. The summed E-state index contributed by atoms with van der Waals surface area (Å²) in [5.41, 5.74) is 7.19. The van der Waals surface area contributed by atoms with E-state index in [4.69, 9.17) is 9.59 Å². The molecule has 0 atom stereocenters. The summed E-state index contributed by atoms with van der Waals surface area (Å²) in [5, 5.41) is 0. The Morgan fingerprint density at radius 1 is 0.795 bits per heavy atom. The normalized spacial score (nSPS) is 8.72. The number of benzene rings is 3. The monoisotopic (exact) mass is 535 g/mol. The molecular formula is C34H43F2NO2. The van der Waals surface area contributed by atoms with Crippen molar-refractivity contribution >= 4 is 13.6 Å². The minimum atomic E-state index is -0.333. The van der Waals surface area contributed by atoms with Gasteiger partial charge in [0.15, 0.2) is 0 Å². The van der Waals surface area contributed by atoms with E-state index in [1.807, 2.05) is 57.8 Å². The van der Waals surface area contributed by atoms with Crippen LogP contribution in [0.4, 0.5) is 8.78 Å². The standard InChI is InChI=1S/C20H20FN.C7H8.C3H5F.C2H6.2CH2O/c1-3-22-15(2)18(12-16-8-5-4-6-9-16)14-20(22)17-10-7-11-19(21)13-17;1-7-5-3-2-4-6-7;1-3(2)4;3*1-2/h4-11,13-14H,3,12H2,1-2H3;2-6H,1H3;1H2,2H3;1-2H3;2*1H2. The van der Waals surface area contributed by atoms with E-state index in [1.165, 1.54) is 35.4 Å². The summed E-state index contributed by atoms with van der Waals surface area (Å²) in [7, 11) is 0. The quantitative estimate of drug-likeness (QED) is 0.261. The Kier molecular flexibility index (Phi) is 21.9. The van der Waals surface area contributed by atoms with Crippen molar-refractivity contribution in [2.45, 2.75) is 54.5 Å². The smallest absolute Gasteiger partial charge is 0.123 e. The molecule has 0 spiro atoms. The van der Waals surface area contributed by atoms with Gasteiger partial charge in [-0.2, -0.15) is 0 Å². The van der Waals surface area contributed by atoms with Crippen molar-refractivity contribution in [3.8, 4) is 11.3 Å². The molecule has 1 aromatic heterocycles. The highest BCUT2D eigenvalue weighted by atomic mass is 19.1. The first-order chi connectivity index (χ1) is 18.8. The average molecular weight is 536 g/mol. The Bertz CT molecular complexity index is 1170. The minimum Gasteiger partial charge on any atom is -0.345 e. The van der Waals surface area contributed by atoms with Crippen LogP contribution in [0.15, 0.2) is 103 Å². The van der Waals surface area contributed by atoms with Crippen molar-refractivity contribution in [1.29, 1.82) is 0 Å². The van der Waals surface area contributed by atoms with Gasteiger partial charge < -0.3 is 14.2 Å². The number of allylic oxidation sites excluding steroid dienone is 1. The minimum absolute atomic E-state index is 0.191. The highest BCUT2D eigenvalue weighted by Gasteiger charge is 2.13. The Balaban J connectivity index is 0. The first kappa shape index (κ1) is 37.0. The van der Waals surface area contributed by atoms with Crippen LogP contribution in [0.25, 0.3) is 11.3 Å². The van der Waals surface area contributed by atoms with E-state index in [2.05, 4.69) is 74.4 Å². The van der Waals surface area contributed by atoms with Crippen LogP contribution < -0.4 is 0 Å². The zero-order valence-electron chi connectivity index (χ0n) is 24.2. The summed E-state index contributed by atoms with van der Waals surface area (Å²) >= 11 is 0. The lowest BCUT2D eigenvalue weighted by atomic mass is 10.0. The van der Waals surface area contributed by atoms with Gasteiger partial charge in [0, 0.05) is 23.5 Å². The van der Waals surface area contributed by atoms with Gasteiger partial charge in [-0.3, -0.25) is 0 Å². The van der Waals surface area contributed by atoms with Crippen LogP contribution in [0, 0.1) is 19.7 Å². The maximum Gasteiger partial charge on any atom is 0.123 e. The number of aryl methyl sites for hydroxylation is 1. The van der Waals surface area contributed by atoms with Crippen LogP contribution in [0.5, 0.6) is 0 Å². The number of hydrogen-bond acceptors (Lipinski definition) is 2. The van der Waals surface area contributed by atoms with E-state index in [0.29, 0.717) is 0 Å². The lowest BCUT2D eigenvalue weighted by Gasteiger charge is -2.09. The number of aromatic nitrogens is 1. The Hall–Kier alpha value is -4.12. The van der Waals surface area contributed by atoms with E-state index in [9.17, 15) is 8.78 Å². The second kappa shape index (κ2) is 23.0. The molecule has 0 amide bonds. The van der Waals surface area contributed by atoms with Gasteiger partial charge in [-0.15, -0.1) is 0 Å². The third-order valence-corrected chi connectivity index (χ3v) is 5.09. The van der Waals surface area contributed by atoms with Crippen molar-refractivity contribution in [2.24, 2.45) is 0 Å². The molecule has 0 saturated carbocycles. The van der Waals surface area contributed by atoms with Crippen LogP contribution in [-0.4, -0.2) is 18.1 Å². The molecule has 0 saturated heterocycles. The number of halogens is 2. The number of carbonyl (C=O) groups is 2. The average Bonchev–Trinajstić information content (AvgIpc) is 3.28. The molecule has 0 N–H and O–H groups in total. The van der Waals surface area contributed by atoms with Gasteiger partial charge in [-0.05, 0) is 63.4 Å². The van der Waals surface area contributed by atoms with E-state index in [1.54, 1.807) is 12.1 Å². The molecule has 4 rings (SSSR count). The SMILES string of the molecule is C=C(C)F.C=O.C=O.CC.CCn1c(-c2cccc(F)c2)cc(Cc2ccccc2)c1C.Cc1ccccc1. The molecule has 0 bridgehead atoms.